The Balaban J connectivity index is 2.45. The average molecular weight is 293 g/mol. The standard InChI is InChI=1S/C15H13ClO4/c1-9-3-4-10(16)7-13(9)20-14-8-11(19-2)5-6-12(14)15(17)18/h3-8H,1-2H3,(H,17,18). The van der Waals surface area contributed by atoms with Crippen molar-refractivity contribution in [3.8, 4) is 17.2 Å². The number of carboxylic acid groups (broad SMARTS) is 1. The van der Waals surface area contributed by atoms with E-state index in [1.165, 1.54) is 19.2 Å². The number of carboxylic acids is 1. The number of halogens is 1. The molecule has 2 aromatic carbocycles. The van der Waals surface area contributed by atoms with Crippen molar-refractivity contribution in [1.29, 1.82) is 0 Å². The molecule has 2 aromatic rings. The van der Waals surface area contributed by atoms with Gasteiger partial charge in [0.25, 0.3) is 0 Å². The van der Waals surface area contributed by atoms with Crippen LogP contribution in [0.25, 0.3) is 0 Å². The Bertz CT molecular complexity index is 652. The van der Waals surface area contributed by atoms with Crippen molar-refractivity contribution in [3.63, 3.8) is 0 Å². The van der Waals surface area contributed by atoms with Gasteiger partial charge in [0.15, 0.2) is 0 Å². The topological polar surface area (TPSA) is 55.8 Å². The number of hydrogen-bond donors (Lipinski definition) is 1. The molecule has 0 bridgehead atoms. The summed E-state index contributed by atoms with van der Waals surface area (Å²) in [5.41, 5.74) is 0.915. The average Bonchev–Trinajstić information content (AvgIpc) is 2.42. The lowest BCUT2D eigenvalue weighted by Crippen LogP contribution is -2.01. The monoisotopic (exact) mass is 292 g/mol. The van der Waals surface area contributed by atoms with Gasteiger partial charge < -0.3 is 14.6 Å². The SMILES string of the molecule is COc1ccc(C(=O)O)c(Oc2cc(Cl)ccc2C)c1. The summed E-state index contributed by atoms with van der Waals surface area (Å²) in [5, 5.41) is 9.70. The fourth-order valence-electron chi connectivity index (χ4n) is 1.69. The highest BCUT2D eigenvalue weighted by atomic mass is 35.5. The zero-order valence-corrected chi connectivity index (χ0v) is 11.8. The zero-order valence-electron chi connectivity index (χ0n) is 11.0. The van der Waals surface area contributed by atoms with E-state index in [2.05, 4.69) is 0 Å². The van der Waals surface area contributed by atoms with E-state index >= 15 is 0 Å². The second kappa shape index (κ2) is 5.84. The van der Waals surface area contributed by atoms with Crippen LogP contribution in [0.2, 0.25) is 5.02 Å². The minimum Gasteiger partial charge on any atom is -0.497 e. The Hall–Kier alpha value is -2.20. The number of benzene rings is 2. The van der Waals surface area contributed by atoms with Gasteiger partial charge in [0.05, 0.1) is 7.11 Å². The van der Waals surface area contributed by atoms with Crippen molar-refractivity contribution in [2.45, 2.75) is 6.92 Å². The predicted molar refractivity (Wildman–Crippen MR) is 76.2 cm³/mol. The van der Waals surface area contributed by atoms with Crippen LogP contribution in [-0.4, -0.2) is 18.2 Å². The molecule has 0 saturated heterocycles. The number of hydrogen-bond acceptors (Lipinski definition) is 3. The molecule has 0 heterocycles. The van der Waals surface area contributed by atoms with Gasteiger partial charge in [-0.2, -0.15) is 0 Å². The molecule has 0 radical (unpaired) electrons. The highest BCUT2D eigenvalue weighted by molar-refractivity contribution is 6.30. The first-order valence-corrected chi connectivity index (χ1v) is 6.24. The van der Waals surface area contributed by atoms with Gasteiger partial charge >= 0.3 is 5.97 Å². The van der Waals surface area contributed by atoms with Crippen molar-refractivity contribution >= 4 is 17.6 Å². The van der Waals surface area contributed by atoms with Gasteiger partial charge in [-0.25, -0.2) is 4.79 Å². The van der Waals surface area contributed by atoms with E-state index in [9.17, 15) is 9.90 Å². The van der Waals surface area contributed by atoms with Crippen LogP contribution in [0.5, 0.6) is 17.2 Å². The van der Waals surface area contributed by atoms with Gasteiger partial charge in [0.1, 0.15) is 22.8 Å². The Labute approximate surface area is 121 Å². The summed E-state index contributed by atoms with van der Waals surface area (Å²) in [6.07, 6.45) is 0. The molecule has 5 heteroatoms. The molecule has 0 amide bonds. The normalized spacial score (nSPS) is 10.2. The zero-order chi connectivity index (χ0) is 14.7. The summed E-state index contributed by atoms with van der Waals surface area (Å²) < 4.78 is 10.8. The number of aryl methyl sites for hydroxylation is 1. The van der Waals surface area contributed by atoms with Crippen molar-refractivity contribution in [3.05, 3.63) is 52.5 Å². The first-order valence-electron chi connectivity index (χ1n) is 5.86. The highest BCUT2D eigenvalue weighted by Crippen LogP contribution is 2.32. The molecular formula is C15H13ClO4. The largest absolute Gasteiger partial charge is 0.497 e. The fraction of sp³-hybridized carbons (Fsp3) is 0.133. The lowest BCUT2D eigenvalue weighted by molar-refractivity contribution is 0.0694. The van der Waals surface area contributed by atoms with E-state index in [0.717, 1.165) is 5.56 Å². The molecular weight excluding hydrogens is 280 g/mol. The minimum absolute atomic E-state index is 0.0603. The summed E-state index contributed by atoms with van der Waals surface area (Å²) in [6, 6.07) is 9.73. The molecule has 20 heavy (non-hydrogen) atoms. The molecule has 0 atom stereocenters. The number of rotatable bonds is 4. The fourth-order valence-corrected chi connectivity index (χ4v) is 1.86. The number of ether oxygens (including phenoxy) is 2. The van der Waals surface area contributed by atoms with Gasteiger partial charge in [0.2, 0.25) is 0 Å². The first-order chi connectivity index (χ1) is 9.51. The Morgan fingerprint density at radius 2 is 1.90 bits per heavy atom. The molecule has 1 N–H and O–H groups in total. The third-order valence-electron chi connectivity index (χ3n) is 2.79. The molecule has 0 saturated carbocycles. The van der Waals surface area contributed by atoms with Gasteiger partial charge in [-0.1, -0.05) is 17.7 Å². The van der Waals surface area contributed by atoms with Crippen LogP contribution in [0.3, 0.4) is 0 Å². The van der Waals surface area contributed by atoms with Crippen LogP contribution < -0.4 is 9.47 Å². The van der Waals surface area contributed by atoms with E-state index in [4.69, 9.17) is 21.1 Å². The smallest absolute Gasteiger partial charge is 0.339 e. The molecule has 0 aromatic heterocycles. The Morgan fingerprint density at radius 1 is 1.15 bits per heavy atom. The second-order valence-corrected chi connectivity index (χ2v) is 4.62. The molecule has 104 valence electrons. The summed E-state index contributed by atoms with van der Waals surface area (Å²) in [7, 11) is 1.50. The maximum atomic E-state index is 11.2. The summed E-state index contributed by atoms with van der Waals surface area (Å²) in [6.45, 7) is 1.85. The summed E-state index contributed by atoms with van der Waals surface area (Å²) in [5.74, 6) is 0.169. The maximum absolute atomic E-state index is 11.2. The number of methoxy groups -OCH3 is 1. The van der Waals surface area contributed by atoms with Crippen molar-refractivity contribution in [2.75, 3.05) is 7.11 Å². The van der Waals surface area contributed by atoms with Crippen LogP contribution in [0.15, 0.2) is 36.4 Å². The molecule has 0 aliphatic rings. The number of aromatic carboxylic acids is 1. The van der Waals surface area contributed by atoms with Crippen LogP contribution in [0, 0.1) is 6.92 Å². The van der Waals surface area contributed by atoms with Gasteiger partial charge in [-0.3, -0.25) is 0 Å². The molecule has 0 spiro atoms. The van der Waals surface area contributed by atoms with E-state index in [0.29, 0.717) is 16.5 Å². The highest BCUT2D eigenvalue weighted by Gasteiger charge is 2.14. The minimum atomic E-state index is -1.07. The number of carbonyl (C=O) groups is 1. The molecule has 0 aliphatic heterocycles. The van der Waals surface area contributed by atoms with E-state index in [1.807, 2.05) is 6.92 Å². The Morgan fingerprint density at radius 3 is 2.55 bits per heavy atom. The van der Waals surface area contributed by atoms with Crippen LogP contribution >= 0.6 is 11.6 Å². The third-order valence-corrected chi connectivity index (χ3v) is 3.02. The van der Waals surface area contributed by atoms with Gasteiger partial charge in [-0.05, 0) is 36.8 Å². The Kier molecular flexibility index (Phi) is 4.15. The molecule has 0 unspecified atom stereocenters. The van der Waals surface area contributed by atoms with Crippen LogP contribution in [-0.2, 0) is 0 Å². The second-order valence-electron chi connectivity index (χ2n) is 4.18. The molecule has 4 nitrogen and oxygen atoms in total. The lowest BCUT2D eigenvalue weighted by atomic mass is 10.2. The van der Waals surface area contributed by atoms with Gasteiger partial charge in [-0.15, -0.1) is 0 Å². The maximum Gasteiger partial charge on any atom is 0.339 e. The quantitative estimate of drug-likeness (QED) is 0.920. The molecule has 0 aliphatic carbocycles. The van der Waals surface area contributed by atoms with Crippen molar-refractivity contribution < 1.29 is 19.4 Å². The van der Waals surface area contributed by atoms with Gasteiger partial charge in [0, 0.05) is 11.1 Å². The van der Waals surface area contributed by atoms with Crippen LogP contribution in [0.4, 0.5) is 0 Å². The van der Waals surface area contributed by atoms with Crippen molar-refractivity contribution in [2.24, 2.45) is 0 Å². The molecule has 0 fully saturated rings. The first kappa shape index (κ1) is 14.2. The summed E-state index contributed by atoms with van der Waals surface area (Å²) in [4.78, 5) is 11.2. The predicted octanol–water partition coefficient (Wildman–Crippen LogP) is 4.15. The van der Waals surface area contributed by atoms with Crippen molar-refractivity contribution in [1.82, 2.24) is 0 Å². The van der Waals surface area contributed by atoms with E-state index in [-0.39, 0.29) is 11.3 Å². The lowest BCUT2D eigenvalue weighted by Gasteiger charge is -2.12. The van der Waals surface area contributed by atoms with E-state index in [1.54, 1.807) is 24.3 Å². The third kappa shape index (κ3) is 3.03. The van der Waals surface area contributed by atoms with E-state index < -0.39 is 5.97 Å². The summed E-state index contributed by atoms with van der Waals surface area (Å²) >= 11 is 5.92. The molecule has 2 rings (SSSR count). The van der Waals surface area contributed by atoms with Crippen LogP contribution in [0.1, 0.15) is 15.9 Å².